The fourth-order valence-electron chi connectivity index (χ4n) is 2.73. The Labute approximate surface area is 135 Å². The van der Waals surface area contributed by atoms with Crippen molar-refractivity contribution < 1.29 is 9.84 Å². The molecule has 0 aliphatic rings. The minimum atomic E-state index is -0.235. The van der Waals surface area contributed by atoms with Gasteiger partial charge in [0.15, 0.2) is 0 Å². The highest BCUT2D eigenvalue weighted by Gasteiger charge is 2.17. The molecule has 2 heterocycles. The van der Waals surface area contributed by atoms with E-state index in [2.05, 4.69) is 9.97 Å². The summed E-state index contributed by atoms with van der Waals surface area (Å²) in [5.74, 6) is 0.784. The van der Waals surface area contributed by atoms with Crippen LogP contribution < -0.4 is 4.74 Å². The zero-order valence-corrected chi connectivity index (χ0v) is 14.1. The van der Waals surface area contributed by atoms with Crippen LogP contribution in [-0.4, -0.2) is 25.1 Å². The molecule has 120 valence electrons. The first kappa shape index (κ1) is 15.3. The molecule has 0 saturated carbocycles. The highest BCUT2D eigenvalue weighted by Crippen LogP contribution is 2.32. The van der Waals surface area contributed by atoms with Gasteiger partial charge in [0.1, 0.15) is 11.4 Å². The number of imidazole rings is 1. The molecule has 0 amide bonds. The lowest BCUT2D eigenvalue weighted by Crippen LogP contribution is -2.22. The van der Waals surface area contributed by atoms with Crippen molar-refractivity contribution in [2.24, 2.45) is 0 Å². The SMILES string of the molecule is Cc1cc(OC(C)(C)C)ccc1-c1c(C)nc(O)c2nccn12. The van der Waals surface area contributed by atoms with Crippen molar-refractivity contribution in [3.8, 4) is 22.9 Å². The number of aromatic hydroxyl groups is 1. The average Bonchev–Trinajstić information content (AvgIpc) is 2.88. The van der Waals surface area contributed by atoms with Crippen molar-refractivity contribution >= 4 is 5.65 Å². The minimum absolute atomic E-state index is 0.0541. The van der Waals surface area contributed by atoms with E-state index in [-0.39, 0.29) is 11.5 Å². The highest BCUT2D eigenvalue weighted by molar-refractivity contribution is 5.71. The molecule has 5 heteroatoms. The van der Waals surface area contributed by atoms with Crippen molar-refractivity contribution in [2.45, 2.75) is 40.2 Å². The Balaban J connectivity index is 2.15. The molecule has 0 radical (unpaired) electrons. The summed E-state index contributed by atoms with van der Waals surface area (Å²) >= 11 is 0. The summed E-state index contributed by atoms with van der Waals surface area (Å²) in [7, 11) is 0. The maximum Gasteiger partial charge on any atom is 0.256 e. The lowest BCUT2D eigenvalue weighted by atomic mass is 10.0. The van der Waals surface area contributed by atoms with Gasteiger partial charge in [0.2, 0.25) is 5.65 Å². The number of rotatable bonds is 2. The molecule has 0 spiro atoms. The molecule has 0 aliphatic carbocycles. The van der Waals surface area contributed by atoms with Gasteiger partial charge in [-0.3, -0.25) is 4.40 Å². The maximum absolute atomic E-state index is 9.94. The molecule has 3 aromatic rings. The maximum atomic E-state index is 9.94. The van der Waals surface area contributed by atoms with Crippen LogP contribution >= 0.6 is 0 Å². The summed E-state index contributed by atoms with van der Waals surface area (Å²) in [6, 6.07) is 6.01. The number of aryl methyl sites for hydroxylation is 2. The summed E-state index contributed by atoms with van der Waals surface area (Å²) in [5.41, 5.74) is 4.02. The third kappa shape index (κ3) is 2.86. The van der Waals surface area contributed by atoms with E-state index in [9.17, 15) is 5.11 Å². The summed E-state index contributed by atoms with van der Waals surface area (Å²) in [4.78, 5) is 8.38. The van der Waals surface area contributed by atoms with Crippen LogP contribution in [0.5, 0.6) is 11.6 Å². The predicted octanol–water partition coefficient (Wildman–Crippen LogP) is 3.90. The van der Waals surface area contributed by atoms with Gasteiger partial charge in [0, 0.05) is 18.0 Å². The number of hydrogen-bond donors (Lipinski definition) is 1. The second kappa shape index (κ2) is 5.26. The Morgan fingerprint density at radius 1 is 1.17 bits per heavy atom. The molecule has 3 rings (SSSR count). The zero-order chi connectivity index (χ0) is 16.8. The van der Waals surface area contributed by atoms with Crippen LogP contribution in [0, 0.1) is 13.8 Å². The van der Waals surface area contributed by atoms with Crippen LogP contribution in [-0.2, 0) is 0 Å². The molecular formula is C18H21N3O2. The molecule has 23 heavy (non-hydrogen) atoms. The number of ether oxygens (including phenoxy) is 1. The van der Waals surface area contributed by atoms with Crippen molar-refractivity contribution in [3.05, 3.63) is 41.9 Å². The number of aromatic nitrogens is 3. The van der Waals surface area contributed by atoms with E-state index in [0.29, 0.717) is 5.65 Å². The highest BCUT2D eigenvalue weighted by atomic mass is 16.5. The summed E-state index contributed by atoms with van der Waals surface area (Å²) in [6.07, 6.45) is 3.49. The predicted molar refractivity (Wildman–Crippen MR) is 89.9 cm³/mol. The molecule has 1 N–H and O–H groups in total. The van der Waals surface area contributed by atoms with Gasteiger partial charge in [-0.25, -0.2) is 9.97 Å². The fourth-order valence-corrected chi connectivity index (χ4v) is 2.73. The molecule has 0 fully saturated rings. The molecular weight excluding hydrogens is 290 g/mol. The topological polar surface area (TPSA) is 59.7 Å². The first-order chi connectivity index (χ1) is 10.8. The van der Waals surface area contributed by atoms with Gasteiger partial charge in [-0.2, -0.15) is 0 Å². The molecule has 0 unspecified atom stereocenters. The van der Waals surface area contributed by atoms with E-state index in [1.165, 1.54) is 0 Å². The van der Waals surface area contributed by atoms with Gasteiger partial charge in [-0.1, -0.05) is 0 Å². The van der Waals surface area contributed by atoms with E-state index in [1.54, 1.807) is 6.20 Å². The Bertz CT molecular complexity index is 876. The van der Waals surface area contributed by atoms with E-state index in [0.717, 1.165) is 28.3 Å². The molecule has 0 atom stereocenters. The molecule has 0 bridgehead atoms. The first-order valence-electron chi connectivity index (χ1n) is 7.59. The van der Waals surface area contributed by atoms with Gasteiger partial charge in [-0.05, 0) is 58.4 Å². The zero-order valence-electron chi connectivity index (χ0n) is 14.1. The van der Waals surface area contributed by atoms with Crippen LogP contribution in [0.15, 0.2) is 30.6 Å². The van der Waals surface area contributed by atoms with Gasteiger partial charge in [0.25, 0.3) is 5.88 Å². The largest absolute Gasteiger partial charge is 0.491 e. The van der Waals surface area contributed by atoms with E-state index < -0.39 is 0 Å². The summed E-state index contributed by atoms with van der Waals surface area (Å²) < 4.78 is 7.79. The fraction of sp³-hybridized carbons (Fsp3) is 0.333. The van der Waals surface area contributed by atoms with E-state index >= 15 is 0 Å². The second-order valence-electron chi connectivity index (χ2n) is 6.68. The van der Waals surface area contributed by atoms with Crippen molar-refractivity contribution in [1.29, 1.82) is 0 Å². The van der Waals surface area contributed by atoms with Gasteiger partial charge >= 0.3 is 0 Å². The van der Waals surface area contributed by atoms with Crippen LogP contribution in [0.4, 0.5) is 0 Å². The lowest BCUT2D eigenvalue weighted by Gasteiger charge is -2.22. The van der Waals surface area contributed by atoms with Crippen LogP contribution in [0.3, 0.4) is 0 Å². The Hall–Kier alpha value is -2.56. The second-order valence-corrected chi connectivity index (χ2v) is 6.68. The molecule has 1 aromatic carbocycles. The number of fused-ring (bicyclic) bond motifs is 1. The van der Waals surface area contributed by atoms with Gasteiger partial charge in [0.05, 0.1) is 11.4 Å². The van der Waals surface area contributed by atoms with Crippen LogP contribution in [0.25, 0.3) is 16.9 Å². The smallest absolute Gasteiger partial charge is 0.256 e. The number of nitrogens with zero attached hydrogens (tertiary/aromatic N) is 3. The number of hydrogen-bond acceptors (Lipinski definition) is 4. The van der Waals surface area contributed by atoms with Crippen molar-refractivity contribution in [3.63, 3.8) is 0 Å². The average molecular weight is 311 g/mol. The van der Waals surface area contributed by atoms with Crippen LogP contribution in [0.2, 0.25) is 0 Å². The Kier molecular flexibility index (Phi) is 3.51. The lowest BCUT2D eigenvalue weighted by molar-refractivity contribution is 0.131. The standard InChI is InChI=1S/C18H21N3O2/c1-11-10-13(23-18(3,4)5)6-7-14(11)15-12(2)20-17(22)16-19-8-9-21(15)16/h6-10H,1-5H3,(H,20,22). The normalized spacial score (nSPS) is 11.9. The molecule has 5 nitrogen and oxygen atoms in total. The monoisotopic (exact) mass is 311 g/mol. The third-order valence-corrected chi connectivity index (χ3v) is 3.57. The van der Waals surface area contributed by atoms with E-state index in [4.69, 9.17) is 4.74 Å². The van der Waals surface area contributed by atoms with E-state index in [1.807, 2.05) is 63.4 Å². The first-order valence-corrected chi connectivity index (χ1v) is 7.59. The van der Waals surface area contributed by atoms with Crippen molar-refractivity contribution in [2.75, 3.05) is 0 Å². The van der Waals surface area contributed by atoms with Crippen LogP contribution in [0.1, 0.15) is 32.0 Å². The summed E-state index contributed by atoms with van der Waals surface area (Å²) in [6.45, 7) is 10.0. The third-order valence-electron chi connectivity index (χ3n) is 3.57. The Morgan fingerprint density at radius 3 is 2.57 bits per heavy atom. The molecule has 0 saturated heterocycles. The molecule has 2 aromatic heterocycles. The van der Waals surface area contributed by atoms with Gasteiger partial charge in [-0.15, -0.1) is 0 Å². The number of benzene rings is 1. The quantitative estimate of drug-likeness (QED) is 0.780. The Morgan fingerprint density at radius 2 is 1.91 bits per heavy atom. The van der Waals surface area contributed by atoms with Gasteiger partial charge < -0.3 is 9.84 Å². The minimum Gasteiger partial charge on any atom is -0.491 e. The molecule has 0 aliphatic heterocycles. The summed E-state index contributed by atoms with van der Waals surface area (Å²) in [5, 5.41) is 9.94. The van der Waals surface area contributed by atoms with Crippen molar-refractivity contribution in [1.82, 2.24) is 14.4 Å².